The van der Waals surface area contributed by atoms with Crippen LogP contribution in [0.4, 0.5) is 4.39 Å². The Morgan fingerprint density at radius 2 is 1.91 bits per heavy atom. The van der Waals surface area contributed by atoms with Crippen molar-refractivity contribution >= 4 is 22.7 Å². The average Bonchev–Trinajstić information content (AvgIpc) is 3.25. The first-order valence-corrected chi connectivity index (χ1v) is 12.0. The van der Waals surface area contributed by atoms with E-state index in [0.717, 1.165) is 32.1 Å². The zero-order valence-corrected chi connectivity index (χ0v) is 19.0. The van der Waals surface area contributed by atoms with E-state index in [1.54, 1.807) is 18.3 Å². The number of amides is 2. The Bertz CT molecular complexity index is 1210. The minimum atomic E-state index is -0.306. The Balaban J connectivity index is 1.00. The molecule has 3 unspecified atom stereocenters. The van der Waals surface area contributed by atoms with Crippen molar-refractivity contribution in [2.24, 2.45) is 23.7 Å². The highest BCUT2D eigenvalue weighted by molar-refractivity contribution is 5.85. The molecule has 0 spiro atoms. The Morgan fingerprint density at radius 1 is 1.21 bits per heavy atom. The molecule has 7 nitrogen and oxygen atoms in total. The Morgan fingerprint density at radius 3 is 2.62 bits per heavy atom. The van der Waals surface area contributed by atoms with Gasteiger partial charge in [0.25, 0.3) is 6.54 Å². The Hall–Kier alpha value is -3.21. The van der Waals surface area contributed by atoms with Gasteiger partial charge in [-0.1, -0.05) is 6.92 Å². The van der Waals surface area contributed by atoms with Gasteiger partial charge >= 0.3 is 5.91 Å². The summed E-state index contributed by atoms with van der Waals surface area (Å²) in [7, 11) is 0. The van der Waals surface area contributed by atoms with E-state index >= 15 is 0 Å². The molecule has 176 valence electrons. The van der Waals surface area contributed by atoms with E-state index < -0.39 is 0 Å². The second-order valence-electron chi connectivity index (χ2n) is 10.8. The molecule has 0 aliphatic heterocycles. The smallest absolute Gasteiger partial charge is 0.300 e. The van der Waals surface area contributed by atoms with Gasteiger partial charge in [-0.3, -0.25) is 14.6 Å². The summed E-state index contributed by atoms with van der Waals surface area (Å²) in [4.78, 5) is 32.1. The Kier molecular flexibility index (Phi) is 4.64. The normalized spacial score (nSPS) is 35.2. The number of fused-ring (bicyclic) bond motifs is 2. The highest BCUT2D eigenvalue weighted by atomic mass is 19.1. The number of hydrogen-bond acceptors (Lipinski definition) is 4. The molecule has 1 aromatic heterocycles. The number of rotatable bonds is 7. The number of pyridine rings is 1. The van der Waals surface area contributed by atoms with E-state index in [0.29, 0.717) is 34.4 Å². The largest absolute Gasteiger partial charge is 0.490 e. The number of carbonyl (C=O) groups excluding carboxylic acids is 2. The van der Waals surface area contributed by atoms with Crippen LogP contribution in [0.2, 0.25) is 0 Å². The SMILES string of the molecule is [C-]#[N+]CC(=O)NC12CC(NC(=O)C(C)C3[C@H]4CC(Oc5ccnc6ccc(F)cc56)C[C@@H]34)(C1)C2. The van der Waals surface area contributed by atoms with Crippen molar-refractivity contribution in [3.8, 4) is 5.75 Å². The van der Waals surface area contributed by atoms with E-state index in [2.05, 4.69) is 20.5 Å². The molecular weight excluding hydrogens is 435 g/mol. The molecule has 5 fully saturated rings. The van der Waals surface area contributed by atoms with E-state index in [4.69, 9.17) is 11.3 Å². The summed E-state index contributed by atoms with van der Waals surface area (Å²) in [6, 6.07) is 6.32. The summed E-state index contributed by atoms with van der Waals surface area (Å²) in [5, 5.41) is 6.89. The van der Waals surface area contributed by atoms with Gasteiger partial charge in [-0.25, -0.2) is 11.0 Å². The van der Waals surface area contributed by atoms with E-state index in [9.17, 15) is 14.0 Å². The maximum atomic E-state index is 13.7. The molecule has 2 N–H and O–H groups in total. The third-order valence-electron chi connectivity index (χ3n) is 8.46. The highest BCUT2D eigenvalue weighted by Gasteiger charge is 2.70. The van der Waals surface area contributed by atoms with E-state index in [1.807, 2.05) is 6.92 Å². The highest BCUT2D eigenvalue weighted by Crippen LogP contribution is 2.63. The van der Waals surface area contributed by atoms with Gasteiger partial charge < -0.3 is 20.2 Å². The monoisotopic (exact) mass is 462 g/mol. The number of benzene rings is 1. The molecular formula is C26H27FN4O3. The average molecular weight is 463 g/mol. The van der Waals surface area contributed by atoms with Crippen molar-refractivity contribution < 1.29 is 18.7 Å². The molecule has 34 heavy (non-hydrogen) atoms. The predicted octanol–water partition coefficient (Wildman–Crippen LogP) is 3.24. The second kappa shape index (κ2) is 7.39. The van der Waals surface area contributed by atoms with Crippen molar-refractivity contribution in [1.29, 1.82) is 0 Å². The summed E-state index contributed by atoms with van der Waals surface area (Å²) >= 11 is 0. The van der Waals surface area contributed by atoms with Crippen LogP contribution in [-0.2, 0) is 9.59 Å². The number of nitrogens with one attached hydrogen (secondary N) is 2. The third kappa shape index (κ3) is 3.41. The summed E-state index contributed by atoms with van der Waals surface area (Å²) in [6.45, 7) is 8.68. The van der Waals surface area contributed by atoms with Crippen LogP contribution in [0, 0.1) is 36.1 Å². The first-order chi connectivity index (χ1) is 16.3. The molecule has 1 aromatic carbocycles. The number of ether oxygens (including phenoxy) is 1. The number of halogens is 1. The van der Waals surface area contributed by atoms with E-state index in [1.165, 1.54) is 12.1 Å². The second-order valence-corrected chi connectivity index (χ2v) is 10.8. The van der Waals surface area contributed by atoms with Gasteiger partial charge in [-0.15, -0.1) is 0 Å². The lowest BCUT2D eigenvalue weighted by molar-refractivity contribution is -0.151. The molecule has 5 aliphatic rings. The topological polar surface area (TPSA) is 84.7 Å². The molecule has 5 saturated carbocycles. The fourth-order valence-electron chi connectivity index (χ4n) is 7.07. The number of aromatic nitrogens is 1. The standard InChI is InChI=1S/C26H27FN4O3/c1-14(24(33)31-26-11-25(12-26,13-26)30-22(32)10-28-2)23-17-8-16(9-18(17)23)34-21-5-6-29-20-4-3-15(27)7-19(20)21/h3-7,14,16-18,23H,8-13H2,1H3,(H,30,32)(H,31,33)/t14?,16?,17-,18+,23?,25?,26?. The molecule has 8 heteroatoms. The fourth-order valence-corrected chi connectivity index (χ4v) is 7.07. The first kappa shape index (κ1) is 21.3. The Labute approximate surface area is 197 Å². The molecule has 2 amide bonds. The third-order valence-corrected chi connectivity index (χ3v) is 8.46. The predicted molar refractivity (Wildman–Crippen MR) is 122 cm³/mol. The van der Waals surface area contributed by atoms with E-state index in [-0.39, 0.29) is 47.3 Å². The lowest BCUT2D eigenvalue weighted by Gasteiger charge is -2.70. The minimum Gasteiger partial charge on any atom is -0.490 e. The van der Waals surface area contributed by atoms with Crippen molar-refractivity contribution in [3.63, 3.8) is 0 Å². The zero-order valence-electron chi connectivity index (χ0n) is 19.0. The molecule has 2 bridgehead atoms. The van der Waals surface area contributed by atoms with Gasteiger partial charge in [0.15, 0.2) is 0 Å². The number of carbonyl (C=O) groups is 2. The first-order valence-electron chi connectivity index (χ1n) is 12.0. The van der Waals surface area contributed by atoms with Crippen molar-refractivity contribution in [2.75, 3.05) is 6.54 Å². The van der Waals surface area contributed by atoms with Crippen molar-refractivity contribution in [1.82, 2.24) is 15.6 Å². The minimum absolute atomic E-state index is 0.0477. The van der Waals surface area contributed by atoms with Crippen LogP contribution < -0.4 is 15.4 Å². The van der Waals surface area contributed by atoms with Crippen molar-refractivity contribution in [3.05, 3.63) is 47.7 Å². The summed E-state index contributed by atoms with van der Waals surface area (Å²) in [5.74, 6) is 1.55. The van der Waals surface area contributed by atoms with Gasteiger partial charge in [0.05, 0.1) is 11.6 Å². The summed E-state index contributed by atoms with van der Waals surface area (Å²) in [5.41, 5.74) is 0.329. The van der Waals surface area contributed by atoms with Gasteiger partial charge in [0.1, 0.15) is 11.6 Å². The molecule has 5 atom stereocenters. The van der Waals surface area contributed by atoms with Crippen LogP contribution in [0.15, 0.2) is 30.5 Å². The number of hydrogen-bond donors (Lipinski definition) is 2. The maximum Gasteiger partial charge on any atom is 0.300 e. The molecule has 7 rings (SSSR count). The summed E-state index contributed by atoms with van der Waals surface area (Å²) in [6.07, 6.45) is 5.86. The maximum absolute atomic E-state index is 13.7. The quantitative estimate of drug-likeness (QED) is 0.619. The van der Waals surface area contributed by atoms with Crippen molar-refractivity contribution in [2.45, 2.75) is 56.2 Å². The lowest BCUT2D eigenvalue weighted by Crippen LogP contribution is -2.84. The molecule has 1 heterocycles. The van der Waals surface area contributed by atoms with Crippen LogP contribution in [0.3, 0.4) is 0 Å². The van der Waals surface area contributed by atoms with Crippen LogP contribution in [0.5, 0.6) is 5.75 Å². The van der Waals surface area contributed by atoms with Gasteiger partial charge in [0.2, 0.25) is 5.91 Å². The van der Waals surface area contributed by atoms with Crippen LogP contribution in [0.25, 0.3) is 15.7 Å². The molecule has 5 aliphatic carbocycles. The lowest BCUT2D eigenvalue weighted by atomic mass is 9.44. The van der Waals surface area contributed by atoms with Crippen LogP contribution in [0.1, 0.15) is 39.0 Å². The number of nitrogens with zero attached hydrogens (tertiary/aromatic N) is 2. The van der Waals surface area contributed by atoms with Gasteiger partial charge in [-0.2, -0.15) is 0 Å². The molecule has 0 radical (unpaired) electrons. The fraction of sp³-hybridized carbons (Fsp3) is 0.538. The zero-order chi connectivity index (χ0) is 23.7. The van der Waals surface area contributed by atoms with Crippen LogP contribution >= 0.6 is 0 Å². The van der Waals surface area contributed by atoms with Crippen LogP contribution in [-0.4, -0.2) is 40.5 Å². The van der Waals surface area contributed by atoms with Gasteiger partial charge in [-0.05, 0) is 74.1 Å². The van der Waals surface area contributed by atoms with Gasteiger partial charge in [0, 0.05) is 28.6 Å². The molecule has 0 saturated heterocycles. The molecule has 2 aromatic rings. The summed E-state index contributed by atoms with van der Waals surface area (Å²) < 4.78 is 20.0.